The Labute approximate surface area is 169 Å². The van der Waals surface area contributed by atoms with Crippen LogP contribution < -0.4 is 10.1 Å². The van der Waals surface area contributed by atoms with Crippen LogP contribution in [0.1, 0.15) is 16.1 Å². The van der Waals surface area contributed by atoms with Gasteiger partial charge in [-0.25, -0.2) is 0 Å². The summed E-state index contributed by atoms with van der Waals surface area (Å²) in [6.45, 7) is 0. The van der Waals surface area contributed by atoms with Crippen molar-refractivity contribution in [2.45, 2.75) is 6.18 Å². The number of alkyl halides is 3. The number of nitro groups is 2. The van der Waals surface area contributed by atoms with Gasteiger partial charge in [0.25, 0.3) is 11.6 Å². The monoisotopic (exact) mass is 437 g/mol. The fourth-order valence-electron chi connectivity index (χ4n) is 2.47. The predicted molar refractivity (Wildman–Crippen MR) is 97.8 cm³/mol. The number of H-pyrrole nitrogens is 1. The number of aromatic nitrogens is 2. The van der Waals surface area contributed by atoms with Crippen LogP contribution in [-0.2, 0) is 6.18 Å². The van der Waals surface area contributed by atoms with E-state index in [9.17, 15) is 38.2 Å². The number of hydrogen-bond donors (Lipinski definition) is 2. The van der Waals surface area contributed by atoms with Crippen molar-refractivity contribution in [1.82, 2.24) is 10.2 Å². The van der Waals surface area contributed by atoms with Gasteiger partial charge in [-0.3, -0.25) is 30.1 Å². The molecule has 1 aromatic heterocycles. The number of carbonyl (C=O) groups excluding carboxylic acids is 1. The third-order valence-corrected chi connectivity index (χ3v) is 3.80. The molecule has 0 aliphatic rings. The number of benzene rings is 2. The summed E-state index contributed by atoms with van der Waals surface area (Å²) in [5.74, 6) is -1.52. The lowest BCUT2D eigenvalue weighted by Gasteiger charge is -2.11. The maximum absolute atomic E-state index is 12.9. The number of halogens is 3. The molecule has 1 amide bonds. The van der Waals surface area contributed by atoms with Crippen LogP contribution >= 0.6 is 0 Å². The van der Waals surface area contributed by atoms with E-state index >= 15 is 0 Å². The fraction of sp³-hybridized carbons (Fsp3) is 0.0588. The number of aromatic amines is 1. The van der Waals surface area contributed by atoms with Crippen molar-refractivity contribution < 1.29 is 32.5 Å². The largest absolute Gasteiger partial charge is 0.457 e. The first-order valence-electron chi connectivity index (χ1n) is 8.18. The summed E-state index contributed by atoms with van der Waals surface area (Å²) >= 11 is 0. The first-order chi connectivity index (χ1) is 14.5. The van der Waals surface area contributed by atoms with Crippen molar-refractivity contribution in [1.29, 1.82) is 0 Å². The van der Waals surface area contributed by atoms with Crippen LogP contribution in [-0.4, -0.2) is 26.0 Å². The zero-order chi connectivity index (χ0) is 22.8. The second kappa shape index (κ2) is 8.10. The van der Waals surface area contributed by atoms with Gasteiger partial charge in [-0.1, -0.05) is 6.07 Å². The molecule has 160 valence electrons. The van der Waals surface area contributed by atoms with E-state index in [-0.39, 0.29) is 17.2 Å². The lowest BCUT2D eigenvalue weighted by atomic mass is 10.2. The molecule has 31 heavy (non-hydrogen) atoms. The molecular formula is C17H10F3N5O6. The molecule has 0 bridgehead atoms. The topological polar surface area (TPSA) is 153 Å². The summed E-state index contributed by atoms with van der Waals surface area (Å²) in [5.41, 5.74) is -2.85. The molecule has 0 atom stereocenters. The molecule has 3 aromatic rings. The average molecular weight is 437 g/mol. The minimum Gasteiger partial charge on any atom is -0.457 e. The van der Waals surface area contributed by atoms with E-state index in [1.165, 1.54) is 6.07 Å². The van der Waals surface area contributed by atoms with Crippen molar-refractivity contribution in [3.05, 3.63) is 80.1 Å². The molecule has 0 fully saturated rings. The Morgan fingerprint density at radius 3 is 2.45 bits per heavy atom. The third-order valence-electron chi connectivity index (χ3n) is 3.80. The summed E-state index contributed by atoms with van der Waals surface area (Å²) in [5, 5.41) is 29.9. The first kappa shape index (κ1) is 21.2. The summed E-state index contributed by atoms with van der Waals surface area (Å²) in [6, 6.07) is 6.81. The quantitative estimate of drug-likeness (QED) is 0.431. The minimum atomic E-state index is -4.63. The van der Waals surface area contributed by atoms with Crippen molar-refractivity contribution >= 4 is 23.0 Å². The summed E-state index contributed by atoms with van der Waals surface area (Å²) in [4.78, 5) is 32.7. The number of anilines is 1. The van der Waals surface area contributed by atoms with Gasteiger partial charge >= 0.3 is 11.9 Å². The molecule has 0 aliphatic heterocycles. The van der Waals surface area contributed by atoms with Crippen LogP contribution in [0.4, 0.5) is 30.2 Å². The molecule has 2 aromatic carbocycles. The maximum Gasteiger partial charge on any atom is 0.416 e. The smallest absolute Gasteiger partial charge is 0.416 e. The Morgan fingerprint density at radius 1 is 1.06 bits per heavy atom. The molecule has 11 nitrogen and oxygen atoms in total. The molecule has 0 aliphatic carbocycles. The number of ether oxygens (including phenoxy) is 1. The van der Waals surface area contributed by atoms with Crippen molar-refractivity contribution in [2.75, 3.05) is 5.32 Å². The number of nitrogens with one attached hydrogen (secondary N) is 2. The van der Waals surface area contributed by atoms with Crippen LogP contribution in [0.5, 0.6) is 11.5 Å². The number of amides is 1. The van der Waals surface area contributed by atoms with Crippen LogP contribution in [0.2, 0.25) is 0 Å². The van der Waals surface area contributed by atoms with Crippen LogP contribution in [0.3, 0.4) is 0 Å². The summed E-state index contributed by atoms with van der Waals surface area (Å²) < 4.78 is 43.9. The minimum absolute atomic E-state index is 0.190. The second-order valence-corrected chi connectivity index (χ2v) is 5.94. The van der Waals surface area contributed by atoms with E-state index in [1.54, 1.807) is 0 Å². The van der Waals surface area contributed by atoms with Crippen LogP contribution in [0.25, 0.3) is 0 Å². The molecule has 14 heteroatoms. The Balaban J connectivity index is 1.91. The van der Waals surface area contributed by atoms with E-state index in [0.29, 0.717) is 6.07 Å². The number of carbonyl (C=O) groups is 1. The molecule has 3 rings (SSSR count). The van der Waals surface area contributed by atoms with Gasteiger partial charge in [0.05, 0.1) is 27.2 Å². The number of nitrogens with zero attached hydrogens (tertiary/aromatic N) is 3. The molecular weight excluding hydrogens is 427 g/mol. The molecule has 0 saturated carbocycles. The van der Waals surface area contributed by atoms with Gasteiger partial charge in [0, 0.05) is 12.1 Å². The SMILES string of the molecule is O=C(Nc1cc(Oc2cccc(C(F)(F)F)c2)cc([N+](=O)[O-])c1)c1[nH]ncc1[N+](=O)[O-]. The Bertz CT molecular complexity index is 1180. The van der Waals surface area contributed by atoms with E-state index in [2.05, 4.69) is 15.5 Å². The number of hydrogen-bond acceptors (Lipinski definition) is 7. The maximum atomic E-state index is 12.9. The van der Waals surface area contributed by atoms with Gasteiger partial charge in [-0.05, 0) is 18.2 Å². The third kappa shape index (κ3) is 4.92. The van der Waals surface area contributed by atoms with Gasteiger partial charge in [0.15, 0.2) is 0 Å². The van der Waals surface area contributed by atoms with Crippen LogP contribution in [0.15, 0.2) is 48.7 Å². The molecule has 0 spiro atoms. The molecule has 0 radical (unpaired) electrons. The molecule has 0 unspecified atom stereocenters. The number of non-ortho nitro benzene ring substituents is 1. The second-order valence-electron chi connectivity index (χ2n) is 5.94. The van der Waals surface area contributed by atoms with E-state index < -0.39 is 44.6 Å². The highest BCUT2D eigenvalue weighted by Crippen LogP contribution is 2.34. The average Bonchev–Trinajstić information content (AvgIpc) is 3.18. The van der Waals surface area contributed by atoms with Gasteiger partial charge < -0.3 is 10.1 Å². The highest BCUT2D eigenvalue weighted by molar-refractivity contribution is 6.05. The highest BCUT2D eigenvalue weighted by Gasteiger charge is 2.30. The Morgan fingerprint density at radius 2 is 1.81 bits per heavy atom. The first-order valence-corrected chi connectivity index (χ1v) is 8.18. The standard InChI is InChI=1S/C17H10F3N5O6/c18-17(19,20)9-2-1-3-12(4-9)31-13-6-10(5-11(7-13)24(27)28)22-16(26)15-14(25(29)30)8-21-23-15/h1-8H,(H,21,23)(H,22,26). The summed E-state index contributed by atoms with van der Waals surface area (Å²) in [6.07, 6.45) is -3.81. The summed E-state index contributed by atoms with van der Waals surface area (Å²) in [7, 11) is 0. The van der Waals surface area contributed by atoms with Crippen LogP contribution in [0, 0.1) is 20.2 Å². The fourth-order valence-corrected chi connectivity index (χ4v) is 2.47. The zero-order valence-electron chi connectivity index (χ0n) is 15.0. The van der Waals surface area contributed by atoms with Crippen molar-refractivity contribution in [2.24, 2.45) is 0 Å². The van der Waals surface area contributed by atoms with Gasteiger partial charge in [0.1, 0.15) is 17.7 Å². The predicted octanol–water partition coefficient (Wildman–Crippen LogP) is 4.29. The van der Waals surface area contributed by atoms with E-state index in [0.717, 1.165) is 36.5 Å². The zero-order valence-corrected chi connectivity index (χ0v) is 15.0. The number of nitro benzene ring substituents is 1. The van der Waals surface area contributed by atoms with Gasteiger partial charge in [-0.15, -0.1) is 0 Å². The lowest BCUT2D eigenvalue weighted by molar-refractivity contribution is -0.385. The van der Waals surface area contributed by atoms with E-state index in [1.807, 2.05) is 0 Å². The van der Waals surface area contributed by atoms with Crippen molar-refractivity contribution in [3.8, 4) is 11.5 Å². The molecule has 1 heterocycles. The van der Waals surface area contributed by atoms with Gasteiger partial charge in [-0.2, -0.15) is 18.3 Å². The number of rotatable bonds is 6. The van der Waals surface area contributed by atoms with Gasteiger partial charge in [0.2, 0.25) is 5.69 Å². The van der Waals surface area contributed by atoms with E-state index in [4.69, 9.17) is 4.74 Å². The highest BCUT2D eigenvalue weighted by atomic mass is 19.4. The Kier molecular flexibility index (Phi) is 5.54. The Hall–Kier alpha value is -4.49. The normalized spacial score (nSPS) is 11.1. The molecule has 0 saturated heterocycles. The lowest BCUT2D eigenvalue weighted by Crippen LogP contribution is -2.14. The van der Waals surface area contributed by atoms with Crippen molar-refractivity contribution in [3.63, 3.8) is 0 Å². The molecule has 2 N–H and O–H groups in total.